The Morgan fingerprint density at radius 3 is 2.68 bits per heavy atom. The molecular formula is C23H25N6O2+. The quantitative estimate of drug-likeness (QED) is 0.663. The topological polar surface area (TPSA) is 107 Å². The van der Waals surface area contributed by atoms with Crippen molar-refractivity contribution in [1.82, 2.24) is 15.3 Å². The van der Waals surface area contributed by atoms with Crippen LogP contribution in [0.2, 0.25) is 0 Å². The number of benzene rings is 2. The van der Waals surface area contributed by atoms with Gasteiger partial charge in [0.05, 0.1) is 0 Å². The molecule has 3 aromatic rings. The largest absolute Gasteiger partial charge is 0.445 e. The molecule has 1 aliphatic rings. The molecule has 0 fully saturated rings. The zero-order valence-electron chi connectivity index (χ0n) is 17.7. The number of hydrogen-bond acceptors (Lipinski definition) is 6. The first-order valence-electron chi connectivity index (χ1n) is 10.1. The van der Waals surface area contributed by atoms with Crippen molar-refractivity contribution in [2.45, 2.75) is 19.6 Å². The third kappa shape index (κ3) is 3.92. The number of carbonyl (C=O) groups excluding carboxylic acids is 1. The predicted molar refractivity (Wildman–Crippen MR) is 118 cm³/mol. The summed E-state index contributed by atoms with van der Waals surface area (Å²) < 4.78 is 6.19. The van der Waals surface area contributed by atoms with Gasteiger partial charge in [-0.3, -0.25) is 15.5 Å². The number of nitrogens with one attached hydrogen (secondary N) is 2. The molecular weight excluding hydrogens is 392 g/mol. The van der Waals surface area contributed by atoms with Crippen molar-refractivity contribution in [2.24, 2.45) is 5.10 Å². The third-order valence-electron chi connectivity index (χ3n) is 5.24. The Morgan fingerprint density at radius 1 is 1.23 bits per heavy atom. The zero-order chi connectivity index (χ0) is 22.0. The Bertz CT molecular complexity index is 1140. The number of ether oxygens (including phenoxy) is 1. The molecule has 8 nitrogen and oxygen atoms in total. The zero-order valence-corrected chi connectivity index (χ0v) is 17.7. The van der Waals surface area contributed by atoms with Crippen molar-refractivity contribution in [2.75, 3.05) is 19.8 Å². The molecule has 1 unspecified atom stereocenters. The second kappa shape index (κ2) is 8.43. The molecule has 31 heavy (non-hydrogen) atoms. The van der Waals surface area contributed by atoms with Gasteiger partial charge in [0.2, 0.25) is 11.9 Å². The number of nitrogens with two attached hydrogens (primary N) is 1. The molecule has 1 aliphatic heterocycles. The minimum atomic E-state index is -0.345. The maximum absolute atomic E-state index is 11.8. The first-order chi connectivity index (χ1) is 15.0. The summed E-state index contributed by atoms with van der Waals surface area (Å²) in [6.07, 6.45) is 2.27. The minimum Gasteiger partial charge on any atom is -0.445 e. The number of carbonyl (C=O) groups is 1. The average Bonchev–Trinajstić information content (AvgIpc) is 3.20. The highest BCUT2D eigenvalue weighted by Crippen LogP contribution is 2.31. The van der Waals surface area contributed by atoms with Crippen molar-refractivity contribution in [3.63, 3.8) is 0 Å². The van der Waals surface area contributed by atoms with Crippen LogP contribution in [0.4, 0.5) is 5.82 Å². The fourth-order valence-electron chi connectivity index (χ4n) is 3.54. The van der Waals surface area contributed by atoms with Crippen LogP contribution in [0.5, 0.6) is 0 Å². The summed E-state index contributed by atoms with van der Waals surface area (Å²) in [6, 6.07) is 15.3. The number of nitrogens with zero attached hydrogens (tertiary/aromatic N) is 3. The smallest absolute Gasteiger partial charge is 0.302 e. The summed E-state index contributed by atoms with van der Waals surface area (Å²) in [7, 11) is 3.47. The molecule has 0 aliphatic carbocycles. The van der Waals surface area contributed by atoms with Crippen LogP contribution in [0, 0.1) is 0 Å². The van der Waals surface area contributed by atoms with Gasteiger partial charge < -0.3 is 10.1 Å². The average molecular weight is 417 g/mol. The standard InChI is InChI=1S/C23H24N6O2/c1-4-14-7-5-6-8-17(14)23-29(3)28-22(31-23)19-20(24)26-13-18(27-19)15-9-11-16(12-10-15)21(30)25-2/h5-13,23H,4H2,1-3H3,(H2,24,26)(H,25,30)/p+1. The van der Waals surface area contributed by atoms with Crippen LogP contribution >= 0.6 is 0 Å². The molecule has 158 valence electrons. The monoisotopic (exact) mass is 417 g/mol. The van der Waals surface area contributed by atoms with Crippen molar-refractivity contribution in [3.8, 4) is 11.3 Å². The molecule has 4 N–H and O–H groups in total. The molecule has 1 atom stereocenters. The minimum absolute atomic E-state index is 0.140. The van der Waals surface area contributed by atoms with Crippen LogP contribution in [0.3, 0.4) is 0 Å². The molecule has 2 heterocycles. The van der Waals surface area contributed by atoms with E-state index in [0.717, 1.165) is 17.5 Å². The van der Waals surface area contributed by atoms with E-state index in [1.165, 1.54) is 5.56 Å². The van der Waals surface area contributed by atoms with E-state index < -0.39 is 0 Å². The lowest BCUT2D eigenvalue weighted by Crippen LogP contribution is -2.21. The van der Waals surface area contributed by atoms with Crippen LogP contribution < -0.4 is 16.0 Å². The molecule has 1 aromatic heterocycles. The number of aromatic amines is 1. The van der Waals surface area contributed by atoms with Crippen LogP contribution in [0.1, 0.15) is 40.3 Å². The summed E-state index contributed by atoms with van der Waals surface area (Å²) in [5, 5.41) is 8.93. The number of rotatable bonds is 5. The lowest BCUT2D eigenvalue weighted by molar-refractivity contribution is -0.360. The van der Waals surface area contributed by atoms with Gasteiger partial charge >= 0.3 is 5.82 Å². The highest BCUT2D eigenvalue weighted by atomic mass is 16.5. The predicted octanol–water partition coefficient (Wildman–Crippen LogP) is 2.39. The van der Waals surface area contributed by atoms with Gasteiger partial charge in [-0.25, -0.2) is 9.97 Å². The lowest BCUT2D eigenvalue weighted by atomic mass is 10.0. The molecule has 2 aromatic carbocycles. The molecule has 0 spiro atoms. The maximum Gasteiger partial charge on any atom is 0.302 e. The molecule has 0 bridgehead atoms. The second-order valence-corrected chi connectivity index (χ2v) is 7.21. The van der Waals surface area contributed by atoms with Gasteiger partial charge in [0.25, 0.3) is 11.8 Å². The van der Waals surface area contributed by atoms with Gasteiger partial charge in [-0.2, -0.15) is 0 Å². The van der Waals surface area contributed by atoms with Gasteiger partial charge in [0, 0.05) is 30.8 Å². The number of nitrogen functional groups attached to an aromatic ring is 1. The molecule has 0 saturated heterocycles. The highest BCUT2D eigenvalue weighted by Gasteiger charge is 2.32. The number of anilines is 1. The summed E-state index contributed by atoms with van der Waals surface area (Å²) in [5.74, 6) is 0.581. The van der Waals surface area contributed by atoms with Crippen molar-refractivity contribution in [1.29, 1.82) is 0 Å². The summed E-state index contributed by atoms with van der Waals surface area (Å²) >= 11 is 0. The summed E-state index contributed by atoms with van der Waals surface area (Å²) in [5.41, 5.74) is 11.0. The van der Waals surface area contributed by atoms with E-state index in [0.29, 0.717) is 28.7 Å². The number of aromatic nitrogens is 2. The van der Waals surface area contributed by atoms with Crippen LogP contribution in [0.15, 0.2) is 59.8 Å². The van der Waals surface area contributed by atoms with E-state index >= 15 is 0 Å². The van der Waals surface area contributed by atoms with Gasteiger partial charge in [-0.15, -0.1) is 5.10 Å². The van der Waals surface area contributed by atoms with Crippen LogP contribution in [0.25, 0.3) is 11.3 Å². The molecule has 8 heteroatoms. The number of H-pyrrole nitrogens is 1. The maximum atomic E-state index is 11.8. The number of amides is 1. The van der Waals surface area contributed by atoms with E-state index in [1.54, 1.807) is 30.4 Å². The first kappa shape index (κ1) is 20.3. The van der Waals surface area contributed by atoms with E-state index in [2.05, 4.69) is 33.4 Å². The van der Waals surface area contributed by atoms with Gasteiger partial charge in [0.1, 0.15) is 11.9 Å². The van der Waals surface area contributed by atoms with E-state index in [9.17, 15) is 4.79 Å². The van der Waals surface area contributed by atoms with E-state index in [-0.39, 0.29) is 12.1 Å². The van der Waals surface area contributed by atoms with Gasteiger partial charge in [0.15, 0.2) is 0 Å². The summed E-state index contributed by atoms with van der Waals surface area (Å²) in [4.78, 5) is 19.5. The Balaban J connectivity index is 1.63. The Labute approximate surface area is 180 Å². The number of hydrazone groups is 1. The Hall–Kier alpha value is -3.94. The first-order valence-corrected chi connectivity index (χ1v) is 10.1. The normalized spacial score (nSPS) is 15.4. The molecule has 4 rings (SSSR count). The van der Waals surface area contributed by atoms with Crippen molar-refractivity contribution < 1.29 is 14.5 Å². The van der Waals surface area contributed by atoms with E-state index in [4.69, 9.17) is 10.5 Å². The molecule has 1 amide bonds. The Kier molecular flexibility index (Phi) is 5.53. The van der Waals surface area contributed by atoms with Crippen LogP contribution in [-0.4, -0.2) is 35.9 Å². The van der Waals surface area contributed by atoms with Crippen LogP contribution in [-0.2, 0) is 11.2 Å². The fourth-order valence-corrected chi connectivity index (χ4v) is 3.54. The highest BCUT2D eigenvalue weighted by molar-refractivity contribution is 5.97. The third-order valence-corrected chi connectivity index (χ3v) is 5.24. The van der Waals surface area contributed by atoms with Crippen molar-refractivity contribution in [3.05, 3.63) is 77.1 Å². The number of hydrogen-bond donors (Lipinski definition) is 2. The van der Waals surface area contributed by atoms with Gasteiger partial charge in [-0.05, 0) is 24.1 Å². The number of aryl methyl sites for hydroxylation is 1. The second-order valence-electron chi connectivity index (χ2n) is 7.21. The molecule has 0 radical (unpaired) electrons. The summed E-state index contributed by atoms with van der Waals surface area (Å²) in [6.45, 7) is 2.11. The lowest BCUT2D eigenvalue weighted by Gasteiger charge is -2.20. The van der Waals surface area contributed by atoms with E-state index in [1.807, 2.05) is 37.4 Å². The van der Waals surface area contributed by atoms with Gasteiger partial charge in [-0.1, -0.05) is 43.3 Å². The molecule has 0 saturated carbocycles. The van der Waals surface area contributed by atoms with Crippen molar-refractivity contribution >= 4 is 17.6 Å². The SMILES string of the molecule is CCc1ccccc1C1OC(c2nc(-c3ccc(C(=O)NC)cc3)c[nH+]c2N)=NN1C. The fraction of sp³-hybridized carbons (Fsp3) is 0.217. The Morgan fingerprint density at radius 2 is 1.97 bits per heavy atom.